The molecule has 1 N–H and O–H groups in total. The summed E-state index contributed by atoms with van der Waals surface area (Å²) in [5.74, 6) is 0.468. The molecule has 1 aliphatic rings. The van der Waals surface area contributed by atoms with E-state index in [1.807, 2.05) is 0 Å². The maximum atomic E-state index is 7.04. The average molecular weight is 154 g/mol. The minimum absolute atomic E-state index is 0.468. The highest BCUT2D eigenvalue weighted by molar-refractivity contribution is 5.55. The first-order valence-corrected chi connectivity index (χ1v) is 4.56. The van der Waals surface area contributed by atoms with Gasteiger partial charge in [-0.2, -0.15) is 0 Å². The van der Waals surface area contributed by atoms with Crippen molar-refractivity contribution in [3.63, 3.8) is 0 Å². The first kappa shape index (κ1) is 8.72. The van der Waals surface area contributed by atoms with Gasteiger partial charge in [0.25, 0.3) is 0 Å². The predicted octanol–water partition coefficient (Wildman–Crippen LogP) is 1.76. The van der Waals surface area contributed by atoms with Crippen molar-refractivity contribution in [2.45, 2.75) is 26.2 Å². The first-order valence-electron chi connectivity index (χ1n) is 4.56. The molecule has 0 amide bonds. The second-order valence-corrected chi connectivity index (χ2v) is 3.48. The lowest BCUT2D eigenvalue weighted by Crippen LogP contribution is -2.22. The van der Waals surface area contributed by atoms with Gasteiger partial charge >= 0.3 is 0 Å². The highest BCUT2D eigenvalue weighted by Crippen LogP contribution is 2.09. The Morgan fingerprint density at radius 2 is 2.09 bits per heavy atom. The van der Waals surface area contributed by atoms with E-state index in [0.717, 1.165) is 6.42 Å². The fourth-order valence-electron chi connectivity index (χ4n) is 1.48. The van der Waals surface area contributed by atoms with Gasteiger partial charge in [-0.05, 0) is 51.0 Å². The third-order valence-electron chi connectivity index (χ3n) is 2.38. The standard InChI is InChI=1S/C9H18N2/c1-9(8-10)4-7-11-5-2-3-6-11/h8-10H,2-7H2,1H3/t9-/m0/s1. The van der Waals surface area contributed by atoms with E-state index in [9.17, 15) is 0 Å². The molecule has 0 aromatic carbocycles. The lowest BCUT2D eigenvalue weighted by molar-refractivity contribution is 0.324. The van der Waals surface area contributed by atoms with Crippen molar-refractivity contribution < 1.29 is 0 Å². The number of hydrogen-bond acceptors (Lipinski definition) is 2. The van der Waals surface area contributed by atoms with Crippen LogP contribution in [0.5, 0.6) is 0 Å². The van der Waals surface area contributed by atoms with Gasteiger partial charge in [0.1, 0.15) is 0 Å². The van der Waals surface area contributed by atoms with Gasteiger partial charge in [0, 0.05) is 0 Å². The van der Waals surface area contributed by atoms with Gasteiger partial charge in [0.05, 0.1) is 0 Å². The topological polar surface area (TPSA) is 27.1 Å². The van der Waals surface area contributed by atoms with Crippen molar-refractivity contribution in [1.29, 1.82) is 5.41 Å². The lowest BCUT2D eigenvalue weighted by Gasteiger charge is -2.15. The minimum atomic E-state index is 0.468. The maximum absolute atomic E-state index is 7.04. The molecule has 1 heterocycles. The van der Waals surface area contributed by atoms with Gasteiger partial charge in [-0.25, -0.2) is 0 Å². The molecule has 0 bridgehead atoms. The number of nitrogens with one attached hydrogen (secondary N) is 1. The third kappa shape index (κ3) is 3.02. The predicted molar refractivity (Wildman–Crippen MR) is 48.2 cm³/mol. The molecule has 1 saturated heterocycles. The van der Waals surface area contributed by atoms with Crippen LogP contribution in [0.25, 0.3) is 0 Å². The zero-order valence-corrected chi connectivity index (χ0v) is 7.34. The lowest BCUT2D eigenvalue weighted by atomic mass is 10.1. The molecule has 1 fully saturated rings. The van der Waals surface area contributed by atoms with E-state index in [-0.39, 0.29) is 0 Å². The van der Waals surface area contributed by atoms with Gasteiger partial charge in [-0.3, -0.25) is 0 Å². The van der Waals surface area contributed by atoms with Crippen LogP contribution in [0.1, 0.15) is 26.2 Å². The molecule has 0 saturated carbocycles. The Kier molecular flexibility index (Phi) is 3.57. The second-order valence-electron chi connectivity index (χ2n) is 3.48. The van der Waals surface area contributed by atoms with E-state index < -0.39 is 0 Å². The molecule has 11 heavy (non-hydrogen) atoms. The molecule has 1 aliphatic heterocycles. The Bertz CT molecular complexity index is 117. The SMILES string of the molecule is C[C@H](C=N)CCN1CCCC1. The number of nitrogens with zero attached hydrogens (tertiary/aromatic N) is 1. The van der Waals surface area contributed by atoms with Crippen LogP contribution in [-0.4, -0.2) is 30.7 Å². The Morgan fingerprint density at radius 1 is 1.45 bits per heavy atom. The Labute approximate surface area is 69.1 Å². The number of likely N-dealkylation sites (tertiary alicyclic amines) is 1. The van der Waals surface area contributed by atoms with Crippen molar-refractivity contribution in [2.24, 2.45) is 5.92 Å². The van der Waals surface area contributed by atoms with E-state index >= 15 is 0 Å². The van der Waals surface area contributed by atoms with Crippen LogP contribution in [0.4, 0.5) is 0 Å². The molecular weight excluding hydrogens is 136 g/mol. The summed E-state index contributed by atoms with van der Waals surface area (Å²) < 4.78 is 0. The van der Waals surface area contributed by atoms with Crippen molar-refractivity contribution in [1.82, 2.24) is 4.90 Å². The molecule has 0 aliphatic carbocycles. The third-order valence-corrected chi connectivity index (χ3v) is 2.38. The normalized spacial score (nSPS) is 21.9. The fourth-order valence-corrected chi connectivity index (χ4v) is 1.48. The summed E-state index contributed by atoms with van der Waals surface area (Å²) in [6, 6.07) is 0. The fraction of sp³-hybridized carbons (Fsp3) is 0.889. The van der Waals surface area contributed by atoms with Crippen molar-refractivity contribution in [3.05, 3.63) is 0 Å². The summed E-state index contributed by atoms with van der Waals surface area (Å²) >= 11 is 0. The van der Waals surface area contributed by atoms with Crippen LogP contribution in [0, 0.1) is 11.3 Å². The van der Waals surface area contributed by atoms with Crippen molar-refractivity contribution in [2.75, 3.05) is 19.6 Å². The average Bonchev–Trinajstić information content (AvgIpc) is 2.52. The van der Waals surface area contributed by atoms with E-state index in [0.29, 0.717) is 5.92 Å². The number of hydrogen-bond donors (Lipinski definition) is 1. The largest absolute Gasteiger partial charge is 0.313 e. The van der Waals surface area contributed by atoms with E-state index in [4.69, 9.17) is 5.41 Å². The highest BCUT2D eigenvalue weighted by atomic mass is 15.1. The summed E-state index contributed by atoms with van der Waals surface area (Å²) in [6.45, 7) is 5.87. The first-order chi connectivity index (χ1) is 5.33. The highest BCUT2D eigenvalue weighted by Gasteiger charge is 2.11. The van der Waals surface area contributed by atoms with Crippen molar-refractivity contribution in [3.8, 4) is 0 Å². The summed E-state index contributed by atoms with van der Waals surface area (Å²) in [7, 11) is 0. The molecule has 0 unspecified atom stereocenters. The van der Waals surface area contributed by atoms with Crippen LogP contribution in [0.15, 0.2) is 0 Å². The summed E-state index contributed by atoms with van der Waals surface area (Å²) in [5, 5.41) is 7.04. The Balaban J connectivity index is 2.06. The van der Waals surface area contributed by atoms with Crippen molar-refractivity contribution >= 4 is 6.21 Å². The van der Waals surface area contributed by atoms with Gasteiger partial charge in [-0.1, -0.05) is 6.92 Å². The van der Waals surface area contributed by atoms with Gasteiger partial charge in [0.15, 0.2) is 0 Å². The quantitative estimate of drug-likeness (QED) is 0.614. The van der Waals surface area contributed by atoms with Crippen LogP contribution in [0.3, 0.4) is 0 Å². The molecule has 0 aromatic rings. The molecular formula is C9H18N2. The van der Waals surface area contributed by atoms with Crippen LogP contribution < -0.4 is 0 Å². The monoisotopic (exact) mass is 154 g/mol. The van der Waals surface area contributed by atoms with E-state index in [1.165, 1.54) is 32.5 Å². The Morgan fingerprint density at radius 3 is 2.64 bits per heavy atom. The van der Waals surface area contributed by atoms with Gasteiger partial charge in [-0.15, -0.1) is 0 Å². The Hall–Kier alpha value is -0.370. The van der Waals surface area contributed by atoms with Crippen LogP contribution >= 0.6 is 0 Å². The summed E-state index contributed by atoms with van der Waals surface area (Å²) in [4.78, 5) is 2.50. The second kappa shape index (κ2) is 4.50. The molecule has 1 rings (SSSR count). The molecule has 0 spiro atoms. The smallest absolute Gasteiger partial charge is 0.00127 e. The molecule has 0 radical (unpaired) electrons. The molecule has 0 aromatic heterocycles. The molecule has 64 valence electrons. The molecule has 2 nitrogen and oxygen atoms in total. The number of rotatable bonds is 4. The van der Waals surface area contributed by atoms with E-state index in [1.54, 1.807) is 6.21 Å². The van der Waals surface area contributed by atoms with Crippen LogP contribution in [0.2, 0.25) is 0 Å². The van der Waals surface area contributed by atoms with Crippen LogP contribution in [-0.2, 0) is 0 Å². The summed E-state index contributed by atoms with van der Waals surface area (Å²) in [5.41, 5.74) is 0. The molecule has 2 heteroatoms. The minimum Gasteiger partial charge on any atom is -0.313 e. The van der Waals surface area contributed by atoms with Gasteiger partial charge < -0.3 is 10.3 Å². The van der Waals surface area contributed by atoms with E-state index in [2.05, 4.69) is 11.8 Å². The maximum Gasteiger partial charge on any atom is -0.00127 e. The van der Waals surface area contributed by atoms with Gasteiger partial charge in [0.2, 0.25) is 0 Å². The zero-order chi connectivity index (χ0) is 8.10. The molecule has 1 atom stereocenters. The zero-order valence-electron chi connectivity index (χ0n) is 7.34. The summed E-state index contributed by atoms with van der Waals surface area (Å²) in [6.07, 6.45) is 5.46.